The summed E-state index contributed by atoms with van der Waals surface area (Å²) in [7, 11) is 0. The third-order valence-corrected chi connectivity index (χ3v) is 2.36. The number of unbranched alkanes of at least 4 members (excludes halogenated alkanes) is 2. The lowest BCUT2D eigenvalue weighted by Crippen LogP contribution is -2.22. The fourth-order valence-corrected chi connectivity index (χ4v) is 1.34. The van der Waals surface area contributed by atoms with Gasteiger partial charge in [0.25, 0.3) is 0 Å². The van der Waals surface area contributed by atoms with E-state index in [0.717, 1.165) is 19.3 Å². The minimum Gasteiger partial charge on any atom is -0.465 e. The van der Waals surface area contributed by atoms with Crippen molar-refractivity contribution in [1.82, 2.24) is 14.9 Å². The number of carbonyl (C=O) groups excluding carboxylic acids is 2. The van der Waals surface area contributed by atoms with E-state index in [1.165, 1.54) is 29.5 Å². The van der Waals surface area contributed by atoms with Crippen molar-refractivity contribution in [3.8, 4) is 0 Å². The molecule has 1 heterocycles. The number of aromatic nitrogens is 2. The molecule has 6 heteroatoms. The quantitative estimate of drug-likeness (QED) is 0.605. The van der Waals surface area contributed by atoms with Crippen molar-refractivity contribution in [2.24, 2.45) is 0 Å². The Balaban J connectivity index is 2.12. The number of rotatable bonds is 7. The van der Waals surface area contributed by atoms with Crippen LogP contribution in [0.25, 0.3) is 0 Å². The van der Waals surface area contributed by atoms with Crippen LogP contribution in [-0.4, -0.2) is 28.2 Å². The molecule has 0 unspecified atom stereocenters. The van der Waals surface area contributed by atoms with Gasteiger partial charge in [0.1, 0.15) is 6.33 Å². The summed E-state index contributed by atoms with van der Waals surface area (Å²) in [4.78, 5) is 26.5. The zero-order valence-corrected chi connectivity index (χ0v) is 11.0. The van der Waals surface area contributed by atoms with E-state index < -0.39 is 0 Å². The predicted octanol–water partition coefficient (Wildman–Crippen LogP) is 2.08. The summed E-state index contributed by atoms with van der Waals surface area (Å²) >= 11 is 0. The minimum absolute atomic E-state index is 0.149. The second-order valence-corrected chi connectivity index (χ2v) is 3.95. The third-order valence-electron chi connectivity index (χ3n) is 2.36. The second-order valence-electron chi connectivity index (χ2n) is 3.95. The normalized spacial score (nSPS) is 10.6. The van der Waals surface area contributed by atoms with Crippen molar-refractivity contribution in [3.05, 3.63) is 31.0 Å². The Morgan fingerprint density at radius 1 is 1.42 bits per heavy atom. The van der Waals surface area contributed by atoms with Gasteiger partial charge in [-0.15, -0.1) is 0 Å². The Hall–Kier alpha value is -2.11. The number of nitrogens with one attached hydrogen (secondary N) is 1. The fraction of sp³-hybridized carbons (Fsp3) is 0.462. The van der Waals surface area contributed by atoms with Crippen molar-refractivity contribution in [2.75, 3.05) is 6.61 Å². The first kappa shape index (κ1) is 14.9. The maximum atomic E-state index is 11.4. The Morgan fingerprint density at radius 3 is 2.95 bits per heavy atom. The predicted molar refractivity (Wildman–Crippen MR) is 70.4 cm³/mol. The van der Waals surface area contributed by atoms with E-state index in [1.807, 2.05) is 0 Å². The molecule has 1 amide bonds. The standard InChI is InChI=1S/C13H19N3O3/c1-2-3-4-10-19-12(17)6-5-7-15-13(18)16-9-8-14-11-16/h5,7-9,11H,2-4,6,10H2,1H3,(H,15,18). The zero-order chi connectivity index (χ0) is 13.9. The fourth-order valence-electron chi connectivity index (χ4n) is 1.34. The molecule has 6 nitrogen and oxygen atoms in total. The van der Waals surface area contributed by atoms with E-state index in [2.05, 4.69) is 17.2 Å². The third kappa shape index (κ3) is 6.40. The van der Waals surface area contributed by atoms with Crippen molar-refractivity contribution >= 4 is 12.0 Å². The van der Waals surface area contributed by atoms with Gasteiger partial charge in [-0.05, 0) is 6.42 Å². The van der Waals surface area contributed by atoms with Crippen LogP contribution in [0.15, 0.2) is 31.0 Å². The molecule has 0 aliphatic carbocycles. The Bertz CT molecular complexity index is 413. The average molecular weight is 265 g/mol. The molecule has 0 aliphatic heterocycles. The van der Waals surface area contributed by atoms with Gasteiger partial charge >= 0.3 is 12.0 Å². The van der Waals surface area contributed by atoms with Crippen LogP contribution in [-0.2, 0) is 9.53 Å². The molecule has 0 atom stereocenters. The maximum Gasteiger partial charge on any atom is 0.330 e. The second kappa shape index (κ2) is 8.91. The van der Waals surface area contributed by atoms with Crippen LogP contribution < -0.4 is 5.32 Å². The summed E-state index contributed by atoms with van der Waals surface area (Å²) in [5, 5.41) is 2.51. The van der Waals surface area contributed by atoms with Gasteiger partial charge in [-0.1, -0.05) is 25.8 Å². The molecule has 0 saturated carbocycles. The monoisotopic (exact) mass is 265 g/mol. The number of imidazole rings is 1. The summed E-state index contributed by atoms with van der Waals surface area (Å²) < 4.78 is 6.30. The molecule has 0 radical (unpaired) electrons. The van der Waals surface area contributed by atoms with Crippen molar-refractivity contribution in [2.45, 2.75) is 32.6 Å². The van der Waals surface area contributed by atoms with Gasteiger partial charge in [0.15, 0.2) is 0 Å². The molecule has 1 N–H and O–H groups in total. The molecule has 19 heavy (non-hydrogen) atoms. The molecule has 0 bridgehead atoms. The molecule has 1 aromatic heterocycles. The van der Waals surface area contributed by atoms with E-state index in [4.69, 9.17) is 4.74 Å². The van der Waals surface area contributed by atoms with E-state index in [-0.39, 0.29) is 18.4 Å². The van der Waals surface area contributed by atoms with E-state index in [9.17, 15) is 9.59 Å². The molecule has 0 saturated heterocycles. The zero-order valence-electron chi connectivity index (χ0n) is 11.0. The molecule has 0 spiro atoms. The number of esters is 1. The lowest BCUT2D eigenvalue weighted by molar-refractivity contribution is -0.142. The number of carbonyl (C=O) groups is 2. The van der Waals surface area contributed by atoms with Crippen molar-refractivity contribution < 1.29 is 14.3 Å². The number of hydrogen-bond acceptors (Lipinski definition) is 4. The smallest absolute Gasteiger partial charge is 0.330 e. The lowest BCUT2D eigenvalue weighted by atomic mass is 10.3. The Morgan fingerprint density at radius 2 is 2.26 bits per heavy atom. The molecule has 0 aliphatic rings. The molecular weight excluding hydrogens is 246 g/mol. The molecule has 1 aromatic rings. The van der Waals surface area contributed by atoms with Crippen molar-refractivity contribution in [1.29, 1.82) is 0 Å². The summed E-state index contributed by atoms with van der Waals surface area (Å²) in [5.74, 6) is -0.288. The first-order chi connectivity index (χ1) is 9.24. The molecule has 0 aromatic carbocycles. The number of amides is 1. The lowest BCUT2D eigenvalue weighted by Gasteiger charge is -2.02. The summed E-state index contributed by atoms with van der Waals surface area (Å²) in [5.41, 5.74) is 0. The van der Waals surface area contributed by atoms with E-state index >= 15 is 0 Å². The number of nitrogens with zero attached hydrogens (tertiary/aromatic N) is 2. The van der Waals surface area contributed by atoms with Gasteiger partial charge in [0, 0.05) is 18.6 Å². The highest BCUT2D eigenvalue weighted by Crippen LogP contribution is 1.96. The number of ether oxygens (including phenoxy) is 1. The first-order valence-corrected chi connectivity index (χ1v) is 6.33. The highest BCUT2D eigenvalue weighted by atomic mass is 16.5. The number of hydrogen-bond donors (Lipinski definition) is 1. The van der Waals surface area contributed by atoms with Crippen LogP contribution in [0.3, 0.4) is 0 Å². The average Bonchev–Trinajstić information content (AvgIpc) is 2.93. The largest absolute Gasteiger partial charge is 0.465 e. The highest BCUT2D eigenvalue weighted by Gasteiger charge is 2.01. The molecule has 104 valence electrons. The van der Waals surface area contributed by atoms with Crippen LogP contribution in [0.2, 0.25) is 0 Å². The van der Waals surface area contributed by atoms with Crippen LogP contribution in [0.1, 0.15) is 32.6 Å². The van der Waals surface area contributed by atoms with Crippen LogP contribution >= 0.6 is 0 Å². The van der Waals surface area contributed by atoms with Gasteiger partial charge in [-0.2, -0.15) is 0 Å². The van der Waals surface area contributed by atoms with Crippen LogP contribution in [0.4, 0.5) is 4.79 Å². The van der Waals surface area contributed by atoms with E-state index in [1.54, 1.807) is 6.08 Å². The van der Waals surface area contributed by atoms with Gasteiger partial charge < -0.3 is 10.1 Å². The van der Waals surface area contributed by atoms with Crippen LogP contribution in [0, 0.1) is 0 Å². The van der Waals surface area contributed by atoms with Gasteiger partial charge in [-0.25, -0.2) is 9.78 Å². The van der Waals surface area contributed by atoms with E-state index in [0.29, 0.717) is 6.61 Å². The maximum absolute atomic E-state index is 11.4. The highest BCUT2D eigenvalue weighted by molar-refractivity contribution is 5.77. The Kier molecular flexibility index (Phi) is 7.01. The van der Waals surface area contributed by atoms with Crippen molar-refractivity contribution in [3.63, 3.8) is 0 Å². The van der Waals surface area contributed by atoms with Gasteiger partial charge in [0.2, 0.25) is 0 Å². The van der Waals surface area contributed by atoms with Gasteiger partial charge in [-0.3, -0.25) is 9.36 Å². The molecule has 1 rings (SSSR count). The first-order valence-electron chi connectivity index (χ1n) is 6.33. The Labute approximate surface area is 112 Å². The molecular formula is C13H19N3O3. The van der Waals surface area contributed by atoms with Crippen LogP contribution in [0.5, 0.6) is 0 Å². The summed E-state index contributed by atoms with van der Waals surface area (Å²) in [6.07, 6.45) is 10.6. The SMILES string of the molecule is CCCCCOC(=O)CC=CNC(=O)n1ccnc1. The summed E-state index contributed by atoms with van der Waals surface area (Å²) in [6.45, 7) is 2.55. The minimum atomic E-state index is -0.329. The topological polar surface area (TPSA) is 73.2 Å². The summed E-state index contributed by atoms with van der Waals surface area (Å²) in [6, 6.07) is -0.329. The molecule has 0 fully saturated rings. The van der Waals surface area contributed by atoms with Gasteiger partial charge in [0.05, 0.1) is 13.0 Å².